The number of anilines is 1. The van der Waals surface area contributed by atoms with Crippen LogP contribution in [0.15, 0.2) is 18.7 Å². The summed E-state index contributed by atoms with van der Waals surface area (Å²) in [6.07, 6.45) is 6.41. The zero-order chi connectivity index (χ0) is 13.8. The van der Waals surface area contributed by atoms with Crippen molar-refractivity contribution in [3.8, 4) is 5.82 Å². The fourth-order valence-electron chi connectivity index (χ4n) is 2.10. The molecule has 2 aromatic heterocycles. The first kappa shape index (κ1) is 13.5. The largest absolute Gasteiger partial charge is 0.370 e. The van der Waals surface area contributed by atoms with Crippen molar-refractivity contribution in [1.29, 1.82) is 0 Å². The predicted octanol–water partition coefficient (Wildman–Crippen LogP) is 2.92. The third-order valence-electron chi connectivity index (χ3n) is 3.04. The van der Waals surface area contributed by atoms with Gasteiger partial charge in [0, 0.05) is 24.5 Å². The van der Waals surface area contributed by atoms with Crippen LogP contribution in [0.25, 0.3) is 5.82 Å². The van der Waals surface area contributed by atoms with Gasteiger partial charge in [0.05, 0.1) is 0 Å². The van der Waals surface area contributed by atoms with Gasteiger partial charge in [-0.1, -0.05) is 20.8 Å². The number of imidazole rings is 1. The van der Waals surface area contributed by atoms with Crippen LogP contribution in [0.2, 0.25) is 0 Å². The Labute approximate surface area is 114 Å². The molecule has 0 aliphatic heterocycles. The summed E-state index contributed by atoms with van der Waals surface area (Å²) >= 11 is 0. The van der Waals surface area contributed by atoms with E-state index in [9.17, 15) is 0 Å². The van der Waals surface area contributed by atoms with Gasteiger partial charge < -0.3 is 5.32 Å². The minimum Gasteiger partial charge on any atom is -0.370 e. The zero-order valence-corrected chi connectivity index (χ0v) is 12.0. The molecule has 1 N–H and O–H groups in total. The molecule has 0 unspecified atom stereocenters. The monoisotopic (exact) mass is 259 g/mol. The lowest BCUT2D eigenvalue weighted by Gasteiger charge is -2.17. The number of rotatable bonds is 5. The van der Waals surface area contributed by atoms with Gasteiger partial charge in [0.2, 0.25) is 0 Å². The average molecular weight is 259 g/mol. The Morgan fingerprint density at radius 1 is 1.26 bits per heavy atom. The maximum Gasteiger partial charge on any atom is 0.147 e. The Morgan fingerprint density at radius 2 is 2.05 bits per heavy atom. The van der Waals surface area contributed by atoms with E-state index in [1.165, 1.54) is 0 Å². The van der Waals surface area contributed by atoms with E-state index >= 15 is 0 Å². The molecule has 0 spiro atoms. The smallest absolute Gasteiger partial charge is 0.147 e. The van der Waals surface area contributed by atoms with Crippen molar-refractivity contribution >= 4 is 5.82 Å². The molecule has 0 fully saturated rings. The third kappa shape index (κ3) is 2.75. The predicted molar refractivity (Wildman–Crippen MR) is 76.8 cm³/mol. The SMILES string of the molecule is CCCNc1ncnc(-n2ccnc2C)c1C(C)C. The van der Waals surface area contributed by atoms with Gasteiger partial charge in [-0.25, -0.2) is 15.0 Å². The van der Waals surface area contributed by atoms with Crippen LogP contribution in [0.5, 0.6) is 0 Å². The van der Waals surface area contributed by atoms with Crippen LogP contribution in [-0.2, 0) is 0 Å². The zero-order valence-electron chi connectivity index (χ0n) is 12.0. The Kier molecular flexibility index (Phi) is 4.14. The maximum atomic E-state index is 4.44. The average Bonchev–Trinajstić information content (AvgIpc) is 2.81. The normalized spacial score (nSPS) is 11.0. The van der Waals surface area contributed by atoms with Gasteiger partial charge in [0.25, 0.3) is 0 Å². The first-order valence-electron chi connectivity index (χ1n) is 6.74. The van der Waals surface area contributed by atoms with Crippen molar-refractivity contribution in [1.82, 2.24) is 19.5 Å². The third-order valence-corrected chi connectivity index (χ3v) is 3.04. The number of hydrogen-bond acceptors (Lipinski definition) is 4. The molecule has 0 aromatic carbocycles. The van der Waals surface area contributed by atoms with E-state index in [1.807, 2.05) is 17.7 Å². The van der Waals surface area contributed by atoms with Crippen molar-refractivity contribution in [2.45, 2.75) is 40.0 Å². The Balaban J connectivity index is 2.52. The van der Waals surface area contributed by atoms with Gasteiger partial charge in [-0.2, -0.15) is 0 Å². The van der Waals surface area contributed by atoms with Crippen LogP contribution >= 0.6 is 0 Å². The number of hydrogen-bond donors (Lipinski definition) is 1. The molecule has 2 rings (SSSR count). The lowest BCUT2D eigenvalue weighted by Crippen LogP contribution is -2.12. The number of nitrogens with one attached hydrogen (secondary N) is 1. The van der Waals surface area contributed by atoms with E-state index in [4.69, 9.17) is 0 Å². The highest BCUT2D eigenvalue weighted by atomic mass is 15.1. The second-order valence-electron chi connectivity index (χ2n) is 4.89. The minimum atomic E-state index is 0.345. The van der Waals surface area contributed by atoms with E-state index in [-0.39, 0.29) is 0 Å². The van der Waals surface area contributed by atoms with Gasteiger partial charge in [-0.15, -0.1) is 0 Å². The summed E-state index contributed by atoms with van der Waals surface area (Å²) in [5.74, 6) is 3.12. The Morgan fingerprint density at radius 3 is 2.63 bits per heavy atom. The van der Waals surface area contributed by atoms with Gasteiger partial charge in [-0.3, -0.25) is 4.57 Å². The molecule has 0 aliphatic carbocycles. The minimum absolute atomic E-state index is 0.345. The number of nitrogens with zero attached hydrogens (tertiary/aromatic N) is 4. The molecule has 0 saturated heterocycles. The van der Waals surface area contributed by atoms with Crippen LogP contribution in [-0.4, -0.2) is 26.1 Å². The molecule has 0 saturated carbocycles. The molecule has 2 aromatic rings. The van der Waals surface area contributed by atoms with Gasteiger partial charge >= 0.3 is 0 Å². The highest BCUT2D eigenvalue weighted by molar-refractivity contribution is 5.54. The summed E-state index contributed by atoms with van der Waals surface area (Å²) in [7, 11) is 0. The molecule has 5 heteroatoms. The summed E-state index contributed by atoms with van der Waals surface area (Å²) < 4.78 is 2.01. The summed E-state index contributed by atoms with van der Waals surface area (Å²) in [6.45, 7) is 9.35. The van der Waals surface area contributed by atoms with Crippen LogP contribution in [0.3, 0.4) is 0 Å². The van der Waals surface area contributed by atoms with E-state index in [0.29, 0.717) is 5.92 Å². The van der Waals surface area contributed by atoms with Crippen LogP contribution in [0, 0.1) is 6.92 Å². The topological polar surface area (TPSA) is 55.6 Å². The summed E-state index contributed by atoms with van der Waals surface area (Å²) in [5.41, 5.74) is 1.14. The lowest BCUT2D eigenvalue weighted by atomic mass is 10.0. The first-order valence-corrected chi connectivity index (χ1v) is 6.74. The lowest BCUT2D eigenvalue weighted by molar-refractivity contribution is 0.802. The first-order chi connectivity index (χ1) is 9.15. The standard InChI is InChI=1S/C14H21N5/c1-5-6-16-13-12(10(2)3)14(18-9-17-13)19-8-7-15-11(19)4/h7-10H,5-6H2,1-4H3,(H,16,17,18). The van der Waals surface area contributed by atoms with Crippen molar-refractivity contribution in [3.63, 3.8) is 0 Å². The van der Waals surface area contributed by atoms with Crippen molar-refractivity contribution in [2.24, 2.45) is 0 Å². The van der Waals surface area contributed by atoms with Crippen LogP contribution < -0.4 is 5.32 Å². The molecule has 2 heterocycles. The fraction of sp³-hybridized carbons (Fsp3) is 0.500. The summed E-state index contributed by atoms with van der Waals surface area (Å²) in [4.78, 5) is 13.1. The van der Waals surface area contributed by atoms with E-state index in [1.54, 1.807) is 12.5 Å². The van der Waals surface area contributed by atoms with Crippen molar-refractivity contribution < 1.29 is 0 Å². The summed E-state index contributed by atoms with van der Waals surface area (Å²) in [5, 5.41) is 3.38. The van der Waals surface area contributed by atoms with Crippen LogP contribution in [0.1, 0.15) is 44.5 Å². The van der Waals surface area contributed by atoms with E-state index in [2.05, 4.69) is 41.0 Å². The quantitative estimate of drug-likeness (QED) is 0.897. The van der Waals surface area contributed by atoms with E-state index in [0.717, 1.165) is 36.0 Å². The molecule has 102 valence electrons. The molecule has 0 bridgehead atoms. The highest BCUT2D eigenvalue weighted by Crippen LogP contribution is 2.27. The number of aryl methyl sites for hydroxylation is 1. The van der Waals surface area contributed by atoms with Crippen LogP contribution in [0.4, 0.5) is 5.82 Å². The highest BCUT2D eigenvalue weighted by Gasteiger charge is 2.16. The molecular weight excluding hydrogens is 238 g/mol. The Hall–Kier alpha value is -1.91. The molecule has 0 amide bonds. The van der Waals surface area contributed by atoms with Gasteiger partial charge in [0.15, 0.2) is 0 Å². The molecule has 0 aliphatic rings. The van der Waals surface area contributed by atoms with Gasteiger partial charge in [0.1, 0.15) is 23.8 Å². The number of aromatic nitrogens is 4. The molecule has 19 heavy (non-hydrogen) atoms. The Bertz CT molecular complexity index is 545. The molecular formula is C14H21N5. The molecule has 0 radical (unpaired) electrons. The second-order valence-corrected chi connectivity index (χ2v) is 4.89. The summed E-state index contributed by atoms with van der Waals surface area (Å²) in [6, 6.07) is 0. The van der Waals surface area contributed by atoms with Crippen molar-refractivity contribution in [3.05, 3.63) is 30.1 Å². The fourth-order valence-corrected chi connectivity index (χ4v) is 2.10. The molecule has 0 atom stereocenters. The maximum absolute atomic E-state index is 4.44. The second kappa shape index (κ2) is 5.82. The van der Waals surface area contributed by atoms with E-state index < -0.39 is 0 Å². The van der Waals surface area contributed by atoms with Gasteiger partial charge in [-0.05, 0) is 19.3 Å². The van der Waals surface area contributed by atoms with Crippen molar-refractivity contribution in [2.75, 3.05) is 11.9 Å². The molecule has 5 nitrogen and oxygen atoms in total.